The van der Waals surface area contributed by atoms with Crippen molar-refractivity contribution in [3.8, 4) is 11.8 Å². The van der Waals surface area contributed by atoms with Crippen molar-refractivity contribution in [3.05, 3.63) is 29.3 Å². The van der Waals surface area contributed by atoms with E-state index in [1.165, 1.54) is 0 Å². The molecule has 0 aliphatic heterocycles. The predicted molar refractivity (Wildman–Crippen MR) is 43.7 cm³/mol. The Labute approximate surface area is 81.7 Å². The maximum Gasteiger partial charge on any atom is 0.458 e. The number of hydrogen-bond acceptors (Lipinski definition) is 1. The molecule has 1 nitrogen and oxygen atoms in total. The van der Waals surface area contributed by atoms with Gasteiger partial charge in [0.25, 0.3) is 0 Å². The van der Waals surface area contributed by atoms with Crippen LogP contribution in [0.4, 0.5) is 27.6 Å². The first-order valence-corrected chi connectivity index (χ1v) is 3.64. The molecule has 0 fully saturated rings. The molecule has 0 atom stereocenters. The molecule has 0 spiro atoms. The first kappa shape index (κ1) is 11.3. The summed E-state index contributed by atoms with van der Waals surface area (Å²) in [4.78, 5) is 0. The first-order chi connectivity index (χ1) is 6.79. The molecule has 0 aliphatic carbocycles. The Kier molecular flexibility index (Phi) is 2.84. The third kappa shape index (κ3) is 3.13. The van der Waals surface area contributed by atoms with Crippen molar-refractivity contribution in [1.82, 2.24) is 0 Å². The second-order valence-corrected chi connectivity index (χ2v) is 2.60. The van der Waals surface area contributed by atoms with Gasteiger partial charge in [0.2, 0.25) is 0 Å². The molecule has 1 aromatic rings. The Morgan fingerprint density at radius 1 is 1.07 bits per heavy atom. The molecule has 0 unspecified atom stereocenters. The van der Waals surface area contributed by atoms with Gasteiger partial charge in [0.05, 0.1) is 0 Å². The van der Waals surface area contributed by atoms with Gasteiger partial charge in [-0.1, -0.05) is 5.92 Å². The lowest BCUT2D eigenvalue weighted by Gasteiger charge is -1.99. The van der Waals surface area contributed by atoms with Crippen molar-refractivity contribution in [2.75, 3.05) is 5.73 Å². The fraction of sp³-hybridized carbons (Fsp3) is 0.111. The zero-order valence-corrected chi connectivity index (χ0v) is 7.12. The lowest BCUT2D eigenvalue weighted by atomic mass is 10.2. The second kappa shape index (κ2) is 3.77. The molecule has 0 bridgehead atoms. The van der Waals surface area contributed by atoms with Gasteiger partial charge in [0.15, 0.2) is 0 Å². The van der Waals surface area contributed by atoms with E-state index in [2.05, 4.69) is 0 Å². The van der Waals surface area contributed by atoms with E-state index in [0.717, 1.165) is 5.92 Å². The number of rotatable bonds is 0. The van der Waals surface area contributed by atoms with E-state index in [0.29, 0.717) is 12.1 Å². The van der Waals surface area contributed by atoms with E-state index >= 15 is 0 Å². The van der Waals surface area contributed by atoms with E-state index in [1.54, 1.807) is 5.92 Å². The van der Waals surface area contributed by atoms with Gasteiger partial charge in [0, 0.05) is 11.5 Å². The number of nitrogens with two attached hydrogens (primary N) is 1. The average Bonchev–Trinajstić information content (AvgIpc) is 2.09. The minimum atomic E-state index is -4.70. The van der Waals surface area contributed by atoms with E-state index in [4.69, 9.17) is 5.73 Å². The number of nitrogen functional groups attached to an aromatic ring is 1. The minimum absolute atomic E-state index is 0.420. The molecule has 80 valence electrons. The molecule has 15 heavy (non-hydrogen) atoms. The molecule has 0 heterocycles. The van der Waals surface area contributed by atoms with E-state index in [1.807, 2.05) is 0 Å². The summed E-state index contributed by atoms with van der Waals surface area (Å²) in [5, 5.41) is 0. The predicted octanol–water partition coefficient (Wildman–Crippen LogP) is 2.46. The number of hydrogen-bond donors (Lipinski definition) is 1. The highest BCUT2D eigenvalue weighted by Crippen LogP contribution is 2.17. The zero-order valence-electron chi connectivity index (χ0n) is 7.12. The van der Waals surface area contributed by atoms with Crippen molar-refractivity contribution in [2.45, 2.75) is 6.18 Å². The molecule has 0 radical (unpaired) electrons. The smallest absolute Gasteiger partial charge is 0.394 e. The zero-order chi connectivity index (χ0) is 11.6. The largest absolute Gasteiger partial charge is 0.458 e. The highest BCUT2D eigenvalue weighted by molar-refractivity contribution is 5.47. The van der Waals surface area contributed by atoms with E-state index < -0.39 is 29.1 Å². The summed E-state index contributed by atoms with van der Waals surface area (Å²) < 4.78 is 60.4. The van der Waals surface area contributed by atoms with Crippen molar-refractivity contribution in [2.24, 2.45) is 0 Å². The van der Waals surface area contributed by atoms with Gasteiger partial charge >= 0.3 is 6.18 Å². The fourth-order valence-corrected chi connectivity index (χ4v) is 0.800. The molecular weight excluding hydrogens is 217 g/mol. The van der Waals surface area contributed by atoms with Crippen LogP contribution in [0.1, 0.15) is 5.56 Å². The minimum Gasteiger partial charge on any atom is -0.394 e. The molecule has 0 aromatic heterocycles. The lowest BCUT2D eigenvalue weighted by molar-refractivity contribution is -0.0696. The van der Waals surface area contributed by atoms with Crippen molar-refractivity contribution < 1.29 is 22.0 Å². The van der Waals surface area contributed by atoms with Gasteiger partial charge in [-0.2, -0.15) is 13.2 Å². The monoisotopic (exact) mass is 221 g/mol. The topological polar surface area (TPSA) is 26.0 Å². The third-order valence-electron chi connectivity index (χ3n) is 1.43. The maximum atomic E-state index is 12.7. The van der Waals surface area contributed by atoms with E-state index in [9.17, 15) is 22.0 Å². The first-order valence-electron chi connectivity index (χ1n) is 3.64. The summed E-state index contributed by atoms with van der Waals surface area (Å²) in [5.74, 6) is 0.196. The van der Waals surface area contributed by atoms with Crippen LogP contribution in [0.5, 0.6) is 0 Å². The van der Waals surface area contributed by atoms with Crippen LogP contribution in [0.2, 0.25) is 0 Å². The van der Waals surface area contributed by atoms with Crippen LogP contribution in [-0.4, -0.2) is 6.18 Å². The second-order valence-electron chi connectivity index (χ2n) is 2.60. The normalized spacial score (nSPS) is 10.7. The molecule has 1 aromatic carbocycles. The van der Waals surface area contributed by atoms with Crippen LogP contribution >= 0.6 is 0 Å². The van der Waals surface area contributed by atoms with Crippen LogP contribution < -0.4 is 5.73 Å². The van der Waals surface area contributed by atoms with Crippen LogP contribution in [0.15, 0.2) is 12.1 Å². The number of anilines is 1. The van der Waals surface area contributed by atoms with Gasteiger partial charge in [0.1, 0.15) is 17.3 Å². The lowest BCUT2D eigenvalue weighted by Crippen LogP contribution is -2.02. The third-order valence-corrected chi connectivity index (χ3v) is 1.43. The Morgan fingerprint density at radius 3 is 1.93 bits per heavy atom. The number of alkyl halides is 3. The van der Waals surface area contributed by atoms with Gasteiger partial charge < -0.3 is 5.73 Å². The maximum absolute atomic E-state index is 12.7. The molecule has 0 saturated heterocycles. The summed E-state index contributed by atoms with van der Waals surface area (Å²) >= 11 is 0. The highest BCUT2D eigenvalue weighted by Gasteiger charge is 2.23. The van der Waals surface area contributed by atoms with Gasteiger partial charge in [-0.05, 0) is 12.1 Å². The molecule has 2 N–H and O–H groups in total. The van der Waals surface area contributed by atoms with E-state index in [-0.39, 0.29) is 0 Å². The molecule has 0 aliphatic rings. The quantitative estimate of drug-likeness (QED) is 0.406. The Hall–Kier alpha value is -1.77. The summed E-state index contributed by atoms with van der Waals surface area (Å²) in [7, 11) is 0. The van der Waals surface area contributed by atoms with Crippen molar-refractivity contribution in [1.29, 1.82) is 0 Å². The van der Waals surface area contributed by atoms with Crippen molar-refractivity contribution in [3.63, 3.8) is 0 Å². The molecule has 0 saturated carbocycles. The average molecular weight is 221 g/mol. The van der Waals surface area contributed by atoms with Crippen LogP contribution in [-0.2, 0) is 0 Å². The van der Waals surface area contributed by atoms with Gasteiger partial charge in [-0.25, -0.2) is 8.78 Å². The molecule has 1 rings (SSSR count). The summed E-state index contributed by atoms with van der Waals surface area (Å²) in [6.45, 7) is 0. The number of halogens is 5. The summed E-state index contributed by atoms with van der Waals surface area (Å²) in [6, 6.07) is 1.27. The number of benzene rings is 1. The molecular formula is C9H4F5N. The highest BCUT2D eigenvalue weighted by atomic mass is 19.4. The summed E-state index contributed by atoms with van der Waals surface area (Å²) in [5.41, 5.74) is 3.75. The standard InChI is InChI=1S/C9H4F5N/c10-6-3-5(1-2-9(12,13)14)4-7(11)8(6)15/h3-4H,15H2. The van der Waals surface area contributed by atoms with Crippen LogP contribution in [0.25, 0.3) is 0 Å². The SMILES string of the molecule is Nc1c(F)cc(C#CC(F)(F)F)cc1F. The van der Waals surface area contributed by atoms with Crippen LogP contribution in [0.3, 0.4) is 0 Å². The Bertz CT molecular complexity index is 415. The van der Waals surface area contributed by atoms with Crippen LogP contribution in [0, 0.1) is 23.5 Å². The van der Waals surface area contributed by atoms with Crippen molar-refractivity contribution >= 4 is 5.69 Å². The van der Waals surface area contributed by atoms with Gasteiger partial charge in [-0.15, -0.1) is 0 Å². The molecule has 0 amide bonds. The van der Waals surface area contributed by atoms with Gasteiger partial charge in [-0.3, -0.25) is 0 Å². The summed E-state index contributed by atoms with van der Waals surface area (Å²) in [6.07, 6.45) is -4.70. The fourth-order valence-electron chi connectivity index (χ4n) is 0.800. The molecule has 6 heteroatoms. The Balaban J connectivity index is 3.12. The Morgan fingerprint density at radius 2 is 1.53 bits per heavy atom.